The van der Waals surface area contributed by atoms with E-state index in [-0.39, 0.29) is 0 Å². The van der Waals surface area contributed by atoms with Gasteiger partial charge in [-0.05, 0) is 51.6 Å². The molecule has 0 amide bonds. The molecular formula is C15H32N2O. The van der Waals surface area contributed by atoms with Crippen LogP contribution in [0, 0.1) is 11.8 Å². The average Bonchev–Trinajstić information content (AvgIpc) is 2.29. The van der Waals surface area contributed by atoms with Crippen LogP contribution in [0.3, 0.4) is 0 Å². The van der Waals surface area contributed by atoms with Gasteiger partial charge in [0.05, 0.1) is 5.60 Å². The first-order valence-electron chi connectivity index (χ1n) is 7.55. The second-order valence-electron chi connectivity index (χ2n) is 6.50. The molecular weight excluding hydrogens is 224 g/mol. The van der Waals surface area contributed by atoms with Crippen molar-refractivity contribution in [3.8, 4) is 0 Å². The second kappa shape index (κ2) is 6.88. The summed E-state index contributed by atoms with van der Waals surface area (Å²) < 4.78 is 0. The van der Waals surface area contributed by atoms with Crippen LogP contribution < -0.4 is 5.32 Å². The normalized spacial score (nSPS) is 27.2. The van der Waals surface area contributed by atoms with Crippen LogP contribution in [-0.2, 0) is 0 Å². The van der Waals surface area contributed by atoms with Crippen molar-refractivity contribution in [1.82, 2.24) is 10.2 Å². The van der Waals surface area contributed by atoms with E-state index < -0.39 is 5.60 Å². The molecule has 0 aromatic rings. The summed E-state index contributed by atoms with van der Waals surface area (Å²) in [6.45, 7) is 14.7. The summed E-state index contributed by atoms with van der Waals surface area (Å²) in [4.78, 5) is 2.45. The van der Waals surface area contributed by atoms with Crippen molar-refractivity contribution in [3.05, 3.63) is 0 Å². The molecule has 0 aliphatic carbocycles. The molecule has 1 aliphatic heterocycles. The minimum absolute atomic E-state index is 0.309. The fourth-order valence-corrected chi connectivity index (χ4v) is 2.77. The van der Waals surface area contributed by atoms with Crippen LogP contribution >= 0.6 is 0 Å². The van der Waals surface area contributed by atoms with Crippen LogP contribution in [-0.4, -0.2) is 47.8 Å². The minimum Gasteiger partial charge on any atom is -0.389 e. The molecule has 3 unspecified atom stereocenters. The van der Waals surface area contributed by atoms with Crippen molar-refractivity contribution in [2.45, 2.75) is 59.1 Å². The average molecular weight is 256 g/mol. The summed E-state index contributed by atoms with van der Waals surface area (Å²) in [5, 5.41) is 13.9. The number of rotatable bonds is 6. The Kier molecular flexibility index (Phi) is 6.09. The number of nitrogens with zero attached hydrogens (tertiary/aromatic N) is 1. The summed E-state index contributed by atoms with van der Waals surface area (Å²) in [6, 6.07) is 0.585. The Morgan fingerprint density at radius 3 is 2.61 bits per heavy atom. The van der Waals surface area contributed by atoms with Gasteiger partial charge in [0.1, 0.15) is 0 Å². The third-order valence-corrected chi connectivity index (χ3v) is 4.56. The fourth-order valence-electron chi connectivity index (χ4n) is 2.77. The molecule has 108 valence electrons. The number of aliphatic hydroxyl groups is 1. The Morgan fingerprint density at radius 1 is 1.39 bits per heavy atom. The third kappa shape index (κ3) is 4.52. The lowest BCUT2D eigenvalue weighted by Gasteiger charge is -2.40. The van der Waals surface area contributed by atoms with Crippen molar-refractivity contribution in [3.63, 3.8) is 0 Å². The van der Waals surface area contributed by atoms with E-state index in [4.69, 9.17) is 0 Å². The van der Waals surface area contributed by atoms with Crippen molar-refractivity contribution in [2.75, 3.05) is 26.2 Å². The van der Waals surface area contributed by atoms with Crippen molar-refractivity contribution in [1.29, 1.82) is 0 Å². The van der Waals surface area contributed by atoms with Gasteiger partial charge in [-0.2, -0.15) is 0 Å². The number of hydrogen-bond donors (Lipinski definition) is 2. The van der Waals surface area contributed by atoms with Gasteiger partial charge in [-0.3, -0.25) is 0 Å². The van der Waals surface area contributed by atoms with E-state index in [0.717, 1.165) is 32.1 Å². The van der Waals surface area contributed by atoms with Crippen LogP contribution in [0.15, 0.2) is 0 Å². The number of hydrogen-bond acceptors (Lipinski definition) is 3. The van der Waals surface area contributed by atoms with E-state index in [1.54, 1.807) is 0 Å². The minimum atomic E-state index is -0.566. The molecule has 0 bridgehead atoms. The highest BCUT2D eigenvalue weighted by molar-refractivity contribution is 4.86. The number of piperidine rings is 1. The Labute approximate surface area is 113 Å². The largest absolute Gasteiger partial charge is 0.389 e. The molecule has 1 aliphatic rings. The van der Waals surface area contributed by atoms with Crippen LogP contribution in [0.2, 0.25) is 0 Å². The molecule has 3 nitrogen and oxygen atoms in total. The Morgan fingerprint density at radius 2 is 2.06 bits per heavy atom. The molecule has 1 saturated heterocycles. The number of likely N-dealkylation sites (tertiary alicyclic amines) is 1. The zero-order valence-electron chi connectivity index (χ0n) is 12.9. The topological polar surface area (TPSA) is 35.5 Å². The maximum atomic E-state index is 10.4. The molecule has 18 heavy (non-hydrogen) atoms. The Hall–Kier alpha value is -0.120. The zero-order valence-corrected chi connectivity index (χ0v) is 12.9. The lowest BCUT2D eigenvalue weighted by atomic mass is 9.88. The van der Waals surface area contributed by atoms with Gasteiger partial charge >= 0.3 is 0 Å². The Balaban J connectivity index is 2.48. The van der Waals surface area contributed by atoms with Gasteiger partial charge in [0.15, 0.2) is 0 Å². The first-order valence-corrected chi connectivity index (χ1v) is 7.55. The molecule has 1 rings (SSSR count). The molecule has 2 N–H and O–H groups in total. The van der Waals surface area contributed by atoms with E-state index in [9.17, 15) is 5.11 Å². The quantitative estimate of drug-likeness (QED) is 0.764. The van der Waals surface area contributed by atoms with E-state index in [0.29, 0.717) is 12.0 Å². The second-order valence-corrected chi connectivity index (χ2v) is 6.50. The molecule has 0 radical (unpaired) electrons. The van der Waals surface area contributed by atoms with Gasteiger partial charge in [0.25, 0.3) is 0 Å². The van der Waals surface area contributed by atoms with E-state index in [2.05, 4.69) is 37.9 Å². The van der Waals surface area contributed by atoms with Gasteiger partial charge in [-0.1, -0.05) is 20.8 Å². The molecule has 3 atom stereocenters. The predicted octanol–water partition coefficient (Wildman–Crippen LogP) is 2.10. The molecule has 1 fully saturated rings. The first kappa shape index (κ1) is 15.9. The van der Waals surface area contributed by atoms with Gasteiger partial charge in [0.2, 0.25) is 0 Å². The third-order valence-electron chi connectivity index (χ3n) is 4.56. The van der Waals surface area contributed by atoms with Crippen LogP contribution in [0.25, 0.3) is 0 Å². The lowest BCUT2D eigenvalue weighted by molar-refractivity contribution is -0.0292. The number of β-amino-alcohol motifs (C(OH)–C–C–N with tert-alkyl or cyclic N) is 1. The molecule has 0 saturated carbocycles. The summed E-state index contributed by atoms with van der Waals surface area (Å²) in [7, 11) is 0. The van der Waals surface area contributed by atoms with Gasteiger partial charge in [-0.15, -0.1) is 0 Å². The summed E-state index contributed by atoms with van der Waals surface area (Å²) >= 11 is 0. The standard InChI is InChI=1S/C15H32N2O/c1-6-16-13(4)14-8-7-9-17(10-14)11-15(5,18)12(2)3/h12-14,16,18H,6-11H2,1-5H3. The van der Waals surface area contributed by atoms with E-state index in [1.165, 1.54) is 12.8 Å². The lowest BCUT2D eigenvalue weighted by Crippen LogP contribution is -2.50. The predicted molar refractivity (Wildman–Crippen MR) is 77.8 cm³/mol. The molecule has 0 spiro atoms. The van der Waals surface area contributed by atoms with Crippen LogP contribution in [0.4, 0.5) is 0 Å². The Bertz CT molecular complexity index is 241. The van der Waals surface area contributed by atoms with Crippen LogP contribution in [0.1, 0.15) is 47.5 Å². The first-order chi connectivity index (χ1) is 8.36. The van der Waals surface area contributed by atoms with Crippen LogP contribution in [0.5, 0.6) is 0 Å². The van der Waals surface area contributed by atoms with Gasteiger partial charge in [0, 0.05) is 19.1 Å². The smallest absolute Gasteiger partial charge is 0.0768 e. The number of nitrogens with one attached hydrogen (secondary N) is 1. The van der Waals surface area contributed by atoms with Gasteiger partial charge in [-0.25, -0.2) is 0 Å². The van der Waals surface area contributed by atoms with Gasteiger partial charge < -0.3 is 15.3 Å². The van der Waals surface area contributed by atoms with Crippen molar-refractivity contribution >= 4 is 0 Å². The molecule has 1 heterocycles. The summed E-state index contributed by atoms with van der Waals surface area (Å²) in [6.07, 6.45) is 2.57. The van der Waals surface area contributed by atoms with E-state index >= 15 is 0 Å². The maximum absolute atomic E-state index is 10.4. The fraction of sp³-hybridized carbons (Fsp3) is 1.00. The van der Waals surface area contributed by atoms with Crippen molar-refractivity contribution in [2.24, 2.45) is 11.8 Å². The maximum Gasteiger partial charge on any atom is 0.0768 e. The zero-order chi connectivity index (χ0) is 13.8. The highest BCUT2D eigenvalue weighted by Gasteiger charge is 2.31. The molecule has 0 aromatic heterocycles. The molecule has 0 aromatic carbocycles. The van der Waals surface area contributed by atoms with E-state index in [1.807, 2.05) is 6.92 Å². The highest BCUT2D eigenvalue weighted by atomic mass is 16.3. The highest BCUT2D eigenvalue weighted by Crippen LogP contribution is 2.24. The monoisotopic (exact) mass is 256 g/mol. The molecule has 3 heteroatoms. The van der Waals surface area contributed by atoms with Crippen molar-refractivity contribution < 1.29 is 5.11 Å². The summed E-state index contributed by atoms with van der Waals surface area (Å²) in [5.74, 6) is 1.03. The summed E-state index contributed by atoms with van der Waals surface area (Å²) in [5.41, 5.74) is -0.566. The SMILES string of the molecule is CCNC(C)C1CCCN(CC(C)(O)C(C)C)C1.